The molecule has 3 aromatic rings. The zero-order chi connectivity index (χ0) is 22.5. The van der Waals surface area contributed by atoms with Gasteiger partial charge in [0.1, 0.15) is 0 Å². The minimum Gasteiger partial charge on any atom is -0.348 e. The lowest BCUT2D eigenvalue weighted by atomic mass is 10.1. The zero-order valence-electron chi connectivity index (χ0n) is 17.4. The Kier molecular flexibility index (Phi) is 6.98. The summed E-state index contributed by atoms with van der Waals surface area (Å²) in [6.07, 6.45) is 0.849. The second kappa shape index (κ2) is 10.1. The van der Waals surface area contributed by atoms with Crippen molar-refractivity contribution in [1.29, 1.82) is 0 Å². The number of hydrogen-bond acceptors (Lipinski definition) is 2. The Labute approximate surface area is 197 Å². The third-order valence-electron chi connectivity index (χ3n) is 5.42. The van der Waals surface area contributed by atoms with E-state index in [1.807, 2.05) is 53.4 Å². The molecule has 0 aromatic heterocycles. The first-order valence-electron chi connectivity index (χ1n) is 10.4. The maximum atomic E-state index is 13.1. The van der Waals surface area contributed by atoms with Crippen LogP contribution in [0.5, 0.6) is 0 Å². The molecule has 3 amide bonds. The number of amides is 3. The van der Waals surface area contributed by atoms with Crippen LogP contribution in [0.3, 0.4) is 0 Å². The SMILES string of the molecule is O=C(NCc1ccccc1Cl)c1cccc(N2CCCN(Cc3ccc(Cl)cc3)C2=O)c1. The highest BCUT2D eigenvalue weighted by atomic mass is 35.5. The fourth-order valence-corrected chi connectivity index (χ4v) is 4.04. The molecular weight excluding hydrogens is 445 g/mol. The molecule has 0 unspecified atom stereocenters. The van der Waals surface area contributed by atoms with Crippen LogP contribution in [-0.4, -0.2) is 29.9 Å². The molecule has 1 aliphatic heterocycles. The van der Waals surface area contributed by atoms with Gasteiger partial charge in [-0.05, 0) is 53.9 Å². The molecule has 1 heterocycles. The molecule has 0 saturated carbocycles. The first kappa shape index (κ1) is 22.2. The summed E-state index contributed by atoms with van der Waals surface area (Å²) in [6.45, 7) is 2.15. The lowest BCUT2D eigenvalue weighted by Crippen LogP contribution is -2.49. The highest BCUT2D eigenvalue weighted by Gasteiger charge is 2.27. The van der Waals surface area contributed by atoms with E-state index in [4.69, 9.17) is 23.2 Å². The van der Waals surface area contributed by atoms with Crippen LogP contribution in [0.2, 0.25) is 10.0 Å². The van der Waals surface area contributed by atoms with Crippen molar-refractivity contribution in [2.75, 3.05) is 18.0 Å². The van der Waals surface area contributed by atoms with Gasteiger partial charge in [-0.25, -0.2) is 4.79 Å². The summed E-state index contributed by atoms with van der Waals surface area (Å²) in [5.74, 6) is -0.214. The quantitative estimate of drug-likeness (QED) is 0.501. The normalized spacial score (nSPS) is 13.9. The molecule has 5 nitrogen and oxygen atoms in total. The number of nitrogens with zero attached hydrogens (tertiary/aromatic N) is 2. The van der Waals surface area contributed by atoms with Crippen LogP contribution in [0.15, 0.2) is 72.8 Å². The summed E-state index contributed by atoms with van der Waals surface area (Å²) in [5.41, 5.74) is 3.08. The number of halogens is 2. The van der Waals surface area contributed by atoms with Gasteiger partial charge < -0.3 is 10.2 Å². The molecule has 164 valence electrons. The van der Waals surface area contributed by atoms with Gasteiger partial charge in [-0.3, -0.25) is 9.69 Å². The van der Waals surface area contributed by atoms with Crippen molar-refractivity contribution in [3.8, 4) is 0 Å². The van der Waals surface area contributed by atoms with Gasteiger partial charge in [0.2, 0.25) is 0 Å². The van der Waals surface area contributed by atoms with Crippen LogP contribution in [-0.2, 0) is 13.1 Å². The van der Waals surface area contributed by atoms with Crippen molar-refractivity contribution in [1.82, 2.24) is 10.2 Å². The molecule has 3 aromatic carbocycles. The number of hydrogen-bond donors (Lipinski definition) is 1. The van der Waals surface area contributed by atoms with Crippen LogP contribution in [0, 0.1) is 0 Å². The summed E-state index contributed by atoms with van der Waals surface area (Å²) in [6, 6.07) is 22.0. The van der Waals surface area contributed by atoms with E-state index >= 15 is 0 Å². The van der Waals surface area contributed by atoms with Crippen molar-refractivity contribution in [2.24, 2.45) is 0 Å². The number of carbonyl (C=O) groups is 2. The van der Waals surface area contributed by atoms with Gasteiger partial charge in [0.15, 0.2) is 0 Å². The van der Waals surface area contributed by atoms with Gasteiger partial charge in [0.05, 0.1) is 0 Å². The standard InChI is InChI=1S/C25H23Cl2N3O2/c26-21-11-9-18(10-12-21)17-29-13-4-14-30(25(29)32)22-7-3-6-19(15-22)24(31)28-16-20-5-1-2-8-23(20)27/h1-3,5-12,15H,4,13-14,16-17H2,(H,28,31). The fourth-order valence-electron chi connectivity index (χ4n) is 3.71. The Morgan fingerprint density at radius 3 is 2.50 bits per heavy atom. The van der Waals surface area contributed by atoms with E-state index < -0.39 is 0 Å². The number of nitrogens with one attached hydrogen (secondary N) is 1. The van der Waals surface area contributed by atoms with Gasteiger partial charge in [-0.1, -0.05) is 59.6 Å². The molecule has 1 fully saturated rings. The summed E-state index contributed by atoms with van der Waals surface area (Å²) in [7, 11) is 0. The van der Waals surface area contributed by atoms with Gasteiger partial charge in [0, 0.05) is 47.5 Å². The van der Waals surface area contributed by atoms with Crippen LogP contribution in [0.25, 0.3) is 0 Å². The van der Waals surface area contributed by atoms with Crippen molar-refractivity contribution < 1.29 is 9.59 Å². The first-order valence-corrected chi connectivity index (χ1v) is 11.2. The lowest BCUT2D eigenvalue weighted by Gasteiger charge is -2.35. The Hall–Kier alpha value is -3.02. The molecule has 32 heavy (non-hydrogen) atoms. The van der Waals surface area contributed by atoms with Gasteiger partial charge in [-0.15, -0.1) is 0 Å². The maximum absolute atomic E-state index is 13.1. The van der Waals surface area contributed by atoms with Gasteiger partial charge in [0.25, 0.3) is 5.91 Å². The van der Waals surface area contributed by atoms with E-state index in [0.717, 1.165) is 17.5 Å². The summed E-state index contributed by atoms with van der Waals surface area (Å²) in [4.78, 5) is 29.4. The summed E-state index contributed by atoms with van der Waals surface area (Å²) < 4.78 is 0. The molecule has 0 radical (unpaired) electrons. The second-order valence-electron chi connectivity index (χ2n) is 7.66. The molecule has 0 aliphatic carbocycles. The Bertz CT molecular complexity index is 1120. The average Bonchev–Trinajstić information content (AvgIpc) is 2.81. The smallest absolute Gasteiger partial charge is 0.324 e. The number of carbonyl (C=O) groups excluding carboxylic acids is 2. The first-order chi connectivity index (χ1) is 15.5. The molecule has 0 atom stereocenters. The predicted molar refractivity (Wildman–Crippen MR) is 128 cm³/mol. The molecule has 1 saturated heterocycles. The molecule has 7 heteroatoms. The van der Waals surface area contributed by atoms with Crippen molar-refractivity contribution in [2.45, 2.75) is 19.5 Å². The Morgan fingerprint density at radius 2 is 1.72 bits per heavy atom. The molecule has 4 rings (SSSR count). The van der Waals surface area contributed by atoms with Crippen molar-refractivity contribution in [3.63, 3.8) is 0 Å². The number of benzene rings is 3. The van der Waals surface area contributed by atoms with Crippen LogP contribution >= 0.6 is 23.2 Å². The van der Waals surface area contributed by atoms with E-state index in [9.17, 15) is 9.59 Å². The monoisotopic (exact) mass is 467 g/mol. The third kappa shape index (κ3) is 5.23. The topological polar surface area (TPSA) is 52.7 Å². The molecule has 0 spiro atoms. The number of urea groups is 1. The van der Waals surface area contributed by atoms with Crippen molar-refractivity contribution >= 4 is 40.8 Å². The maximum Gasteiger partial charge on any atom is 0.324 e. The fraction of sp³-hybridized carbons (Fsp3) is 0.200. The van der Waals surface area contributed by atoms with E-state index in [2.05, 4.69) is 5.32 Å². The Balaban J connectivity index is 1.44. The average molecular weight is 468 g/mol. The van der Waals surface area contributed by atoms with Crippen LogP contribution in [0.4, 0.5) is 10.5 Å². The summed E-state index contributed by atoms with van der Waals surface area (Å²) in [5, 5.41) is 4.18. The highest BCUT2D eigenvalue weighted by molar-refractivity contribution is 6.31. The Morgan fingerprint density at radius 1 is 0.938 bits per heavy atom. The molecule has 1 aliphatic rings. The summed E-state index contributed by atoms with van der Waals surface area (Å²) >= 11 is 12.1. The number of rotatable bonds is 6. The molecule has 0 bridgehead atoms. The largest absolute Gasteiger partial charge is 0.348 e. The van der Waals surface area contributed by atoms with Crippen LogP contribution in [0.1, 0.15) is 27.9 Å². The lowest BCUT2D eigenvalue weighted by molar-refractivity contribution is 0.0951. The third-order valence-corrected chi connectivity index (χ3v) is 6.04. The molecular formula is C25H23Cl2N3O2. The second-order valence-corrected chi connectivity index (χ2v) is 8.50. The van der Waals surface area contributed by atoms with Crippen LogP contribution < -0.4 is 10.2 Å². The van der Waals surface area contributed by atoms with E-state index in [1.165, 1.54) is 0 Å². The molecule has 1 N–H and O–H groups in total. The van der Waals surface area contributed by atoms with E-state index in [1.54, 1.807) is 29.2 Å². The minimum absolute atomic E-state index is 0.0696. The van der Waals surface area contributed by atoms with E-state index in [0.29, 0.717) is 47.5 Å². The van der Waals surface area contributed by atoms with Crippen molar-refractivity contribution in [3.05, 3.63) is 99.5 Å². The number of anilines is 1. The van der Waals surface area contributed by atoms with E-state index in [-0.39, 0.29) is 11.9 Å². The van der Waals surface area contributed by atoms with Gasteiger partial charge >= 0.3 is 6.03 Å². The zero-order valence-corrected chi connectivity index (χ0v) is 18.9. The highest BCUT2D eigenvalue weighted by Crippen LogP contribution is 2.23. The van der Waals surface area contributed by atoms with Gasteiger partial charge in [-0.2, -0.15) is 0 Å². The minimum atomic E-state index is -0.214. The predicted octanol–water partition coefficient (Wildman–Crippen LogP) is 5.76.